The van der Waals surface area contributed by atoms with E-state index in [0.29, 0.717) is 0 Å². The minimum Gasteiger partial charge on any atom is -0.362 e. The normalized spacial score (nSPS) is 12.9. The van der Waals surface area contributed by atoms with Gasteiger partial charge in [-0.3, -0.25) is 5.32 Å². The highest BCUT2D eigenvalue weighted by Gasteiger charge is 2.05. The molecule has 0 amide bonds. The van der Waals surface area contributed by atoms with E-state index in [1.807, 2.05) is 7.05 Å². The van der Waals surface area contributed by atoms with Gasteiger partial charge in [-0.05, 0) is 19.5 Å². The van der Waals surface area contributed by atoms with Crippen molar-refractivity contribution >= 4 is 0 Å². The maximum Gasteiger partial charge on any atom is 0.133 e. The van der Waals surface area contributed by atoms with Crippen LogP contribution < -0.4 is 5.32 Å². The van der Waals surface area contributed by atoms with Gasteiger partial charge in [-0.2, -0.15) is 0 Å². The monoisotopic (exact) mass is 165 g/mol. The third-order valence-electron chi connectivity index (χ3n) is 1.88. The highest BCUT2D eigenvalue weighted by atomic mass is 16.5. The van der Waals surface area contributed by atoms with Crippen LogP contribution in [0, 0.1) is 6.92 Å². The van der Waals surface area contributed by atoms with Crippen molar-refractivity contribution in [2.24, 2.45) is 0 Å². The van der Waals surface area contributed by atoms with Crippen molar-refractivity contribution in [3.05, 3.63) is 35.4 Å². The van der Waals surface area contributed by atoms with Crippen LogP contribution in [0.2, 0.25) is 0 Å². The van der Waals surface area contributed by atoms with Gasteiger partial charge in [0.15, 0.2) is 0 Å². The zero-order chi connectivity index (χ0) is 8.97. The van der Waals surface area contributed by atoms with Gasteiger partial charge >= 0.3 is 0 Å². The van der Waals surface area contributed by atoms with Crippen LogP contribution in [0.3, 0.4) is 0 Å². The van der Waals surface area contributed by atoms with Crippen LogP contribution in [-0.4, -0.2) is 14.2 Å². The molecule has 0 saturated carbocycles. The third kappa shape index (κ3) is 2.06. The van der Waals surface area contributed by atoms with Gasteiger partial charge in [0, 0.05) is 7.11 Å². The fourth-order valence-corrected chi connectivity index (χ4v) is 1.16. The number of methoxy groups -OCH3 is 1. The molecule has 2 nitrogen and oxygen atoms in total. The highest BCUT2D eigenvalue weighted by molar-refractivity contribution is 5.22. The Morgan fingerprint density at radius 3 is 2.25 bits per heavy atom. The van der Waals surface area contributed by atoms with E-state index in [4.69, 9.17) is 4.74 Å². The number of hydrogen-bond acceptors (Lipinski definition) is 2. The van der Waals surface area contributed by atoms with E-state index >= 15 is 0 Å². The Kier molecular flexibility index (Phi) is 3.26. The number of aryl methyl sites for hydroxylation is 1. The molecule has 1 aromatic carbocycles. The van der Waals surface area contributed by atoms with Crippen molar-refractivity contribution in [1.29, 1.82) is 0 Å². The minimum absolute atomic E-state index is 0.00519. The van der Waals surface area contributed by atoms with Crippen LogP contribution >= 0.6 is 0 Å². The first-order valence-electron chi connectivity index (χ1n) is 4.04. The predicted molar refractivity (Wildman–Crippen MR) is 50.0 cm³/mol. The summed E-state index contributed by atoms with van der Waals surface area (Å²) >= 11 is 0. The van der Waals surface area contributed by atoms with Crippen LogP contribution in [0.5, 0.6) is 0 Å². The quantitative estimate of drug-likeness (QED) is 0.690. The molecular formula is C10H15NO. The van der Waals surface area contributed by atoms with E-state index in [1.165, 1.54) is 5.56 Å². The molecule has 0 aliphatic carbocycles. The van der Waals surface area contributed by atoms with Crippen LogP contribution in [-0.2, 0) is 4.74 Å². The maximum atomic E-state index is 5.21. The molecule has 0 heterocycles. The standard InChI is InChI=1S/C10H15NO/c1-8-4-6-9(7-5-8)10(11-2)12-3/h4-7,10-11H,1-3H3. The maximum absolute atomic E-state index is 5.21. The van der Waals surface area contributed by atoms with E-state index < -0.39 is 0 Å². The molecule has 0 bridgehead atoms. The Morgan fingerprint density at radius 2 is 1.83 bits per heavy atom. The van der Waals surface area contributed by atoms with Crippen molar-refractivity contribution in [1.82, 2.24) is 5.32 Å². The SMILES string of the molecule is CNC(OC)c1ccc(C)cc1. The summed E-state index contributed by atoms with van der Waals surface area (Å²) in [6.45, 7) is 2.07. The first kappa shape index (κ1) is 9.23. The second kappa shape index (κ2) is 4.24. The van der Waals surface area contributed by atoms with Gasteiger partial charge in [0.1, 0.15) is 6.23 Å². The summed E-state index contributed by atoms with van der Waals surface area (Å²) < 4.78 is 5.21. The summed E-state index contributed by atoms with van der Waals surface area (Å²) in [6, 6.07) is 8.30. The molecule has 12 heavy (non-hydrogen) atoms. The molecule has 0 spiro atoms. The lowest BCUT2D eigenvalue weighted by atomic mass is 10.1. The van der Waals surface area contributed by atoms with Gasteiger partial charge in [0.2, 0.25) is 0 Å². The molecule has 1 rings (SSSR count). The molecule has 1 N–H and O–H groups in total. The minimum atomic E-state index is 0.00519. The molecule has 1 unspecified atom stereocenters. The summed E-state index contributed by atoms with van der Waals surface area (Å²) in [5.74, 6) is 0. The Balaban J connectivity index is 2.80. The molecule has 0 aliphatic rings. The summed E-state index contributed by atoms with van der Waals surface area (Å²) in [7, 11) is 3.58. The smallest absolute Gasteiger partial charge is 0.133 e. The van der Waals surface area contributed by atoms with Gasteiger partial charge in [-0.1, -0.05) is 29.8 Å². The first-order valence-corrected chi connectivity index (χ1v) is 4.04. The topological polar surface area (TPSA) is 21.3 Å². The third-order valence-corrected chi connectivity index (χ3v) is 1.88. The summed E-state index contributed by atoms with van der Waals surface area (Å²) in [6.07, 6.45) is 0.00519. The zero-order valence-electron chi connectivity index (χ0n) is 7.79. The molecule has 0 saturated heterocycles. The molecule has 0 radical (unpaired) electrons. The number of nitrogens with one attached hydrogen (secondary N) is 1. The molecular weight excluding hydrogens is 150 g/mol. The van der Waals surface area contributed by atoms with E-state index in [2.05, 4.69) is 36.5 Å². The second-order valence-corrected chi connectivity index (χ2v) is 2.82. The largest absolute Gasteiger partial charge is 0.362 e. The van der Waals surface area contributed by atoms with Gasteiger partial charge in [0.25, 0.3) is 0 Å². The number of ether oxygens (including phenoxy) is 1. The van der Waals surface area contributed by atoms with Gasteiger partial charge in [-0.25, -0.2) is 0 Å². The van der Waals surface area contributed by atoms with E-state index in [1.54, 1.807) is 7.11 Å². The first-order chi connectivity index (χ1) is 5.77. The van der Waals surface area contributed by atoms with Gasteiger partial charge < -0.3 is 4.74 Å². The lowest BCUT2D eigenvalue weighted by molar-refractivity contribution is 0.0809. The van der Waals surface area contributed by atoms with Crippen LogP contribution in [0.15, 0.2) is 24.3 Å². The Morgan fingerprint density at radius 1 is 1.25 bits per heavy atom. The number of hydrogen-bond donors (Lipinski definition) is 1. The molecule has 0 fully saturated rings. The van der Waals surface area contributed by atoms with Crippen molar-refractivity contribution in [3.8, 4) is 0 Å². The van der Waals surface area contributed by atoms with Crippen LogP contribution in [0.1, 0.15) is 17.4 Å². The summed E-state index contributed by atoms with van der Waals surface area (Å²) in [5.41, 5.74) is 2.43. The molecule has 1 aromatic rings. The predicted octanol–water partition coefficient (Wildman–Crippen LogP) is 1.86. The van der Waals surface area contributed by atoms with Gasteiger partial charge in [0.05, 0.1) is 0 Å². The van der Waals surface area contributed by atoms with E-state index in [9.17, 15) is 0 Å². The zero-order valence-corrected chi connectivity index (χ0v) is 7.79. The van der Waals surface area contributed by atoms with E-state index in [-0.39, 0.29) is 6.23 Å². The Hall–Kier alpha value is -0.860. The average molecular weight is 165 g/mol. The lowest BCUT2D eigenvalue weighted by Gasteiger charge is -2.14. The fraction of sp³-hybridized carbons (Fsp3) is 0.400. The summed E-state index contributed by atoms with van der Waals surface area (Å²) in [5, 5.41) is 3.07. The number of rotatable bonds is 3. The molecule has 0 aromatic heterocycles. The van der Waals surface area contributed by atoms with Crippen molar-refractivity contribution in [3.63, 3.8) is 0 Å². The van der Waals surface area contributed by atoms with Crippen molar-refractivity contribution in [2.75, 3.05) is 14.2 Å². The highest BCUT2D eigenvalue weighted by Crippen LogP contribution is 2.13. The van der Waals surface area contributed by atoms with E-state index in [0.717, 1.165) is 5.56 Å². The van der Waals surface area contributed by atoms with Crippen LogP contribution in [0.25, 0.3) is 0 Å². The Bertz CT molecular complexity index is 226. The Labute approximate surface area is 73.6 Å². The van der Waals surface area contributed by atoms with Crippen molar-refractivity contribution in [2.45, 2.75) is 13.2 Å². The second-order valence-electron chi connectivity index (χ2n) is 2.82. The average Bonchev–Trinajstić information content (AvgIpc) is 2.10. The van der Waals surface area contributed by atoms with Crippen LogP contribution in [0.4, 0.5) is 0 Å². The molecule has 66 valence electrons. The molecule has 2 heteroatoms. The number of benzene rings is 1. The lowest BCUT2D eigenvalue weighted by Crippen LogP contribution is -2.17. The molecule has 0 aliphatic heterocycles. The molecule has 1 atom stereocenters. The summed E-state index contributed by atoms with van der Waals surface area (Å²) in [4.78, 5) is 0. The fourth-order valence-electron chi connectivity index (χ4n) is 1.16. The van der Waals surface area contributed by atoms with Crippen molar-refractivity contribution < 1.29 is 4.74 Å². The van der Waals surface area contributed by atoms with Gasteiger partial charge in [-0.15, -0.1) is 0 Å².